The number of anilines is 1. The minimum Gasteiger partial charge on any atom is -0.475 e. The molecule has 0 saturated heterocycles. The van der Waals surface area contributed by atoms with Gasteiger partial charge in [0.25, 0.3) is 5.91 Å². The third kappa shape index (κ3) is 3.60. The van der Waals surface area contributed by atoms with E-state index >= 15 is 0 Å². The van der Waals surface area contributed by atoms with Crippen LogP contribution < -0.4 is 10.1 Å². The Balaban J connectivity index is 1.72. The zero-order valence-electron chi connectivity index (χ0n) is 13.6. The first-order chi connectivity index (χ1) is 11.5. The van der Waals surface area contributed by atoms with Gasteiger partial charge in [0.1, 0.15) is 5.69 Å². The molecule has 8 heteroatoms. The summed E-state index contributed by atoms with van der Waals surface area (Å²) in [4.78, 5) is 16.4. The number of carbonyl (C=O) groups excluding carboxylic acids is 1. The minimum atomic E-state index is -0.386. The first kappa shape index (κ1) is 15.7. The molecule has 24 heavy (non-hydrogen) atoms. The van der Waals surface area contributed by atoms with Crippen molar-refractivity contribution < 1.29 is 14.1 Å². The summed E-state index contributed by atoms with van der Waals surface area (Å²) in [6.45, 7) is 3.81. The second-order valence-corrected chi connectivity index (χ2v) is 5.45. The molecule has 3 rings (SSSR count). The van der Waals surface area contributed by atoms with Gasteiger partial charge in [-0.3, -0.25) is 9.48 Å². The highest BCUT2D eigenvalue weighted by Crippen LogP contribution is 2.20. The average Bonchev–Trinajstić information content (AvgIpc) is 3.15. The lowest BCUT2D eigenvalue weighted by molar-refractivity contribution is 0.101. The van der Waals surface area contributed by atoms with E-state index in [9.17, 15) is 4.79 Å². The van der Waals surface area contributed by atoms with Crippen molar-refractivity contribution in [2.24, 2.45) is 7.05 Å². The maximum atomic E-state index is 12.3. The molecule has 0 aliphatic heterocycles. The van der Waals surface area contributed by atoms with Crippen LogP contribution in [0.5, 0.6) is 5.88 Å². The Labute approximate surface area is 138 Å². The van der Waals surface area contributed by atoms with E-state index in [1.165, 1.54) is 0 Å². The van der Waals surface area contributed by atoms with Gasteiger partial charge in [0.2, 0.25) is 5.88 Å². The van der Waals surface area contributed by atoms with Crippen molar-refractivity contribution in [1.29, 1.82) is 0 Å². The Morgan fingerprint density at radius 2 is 2.17 bits per heavy atom. The van der Waals surface area contributed by atoms with Crippen LogP contribution in [-0.2, 0) is 7.05 Å². The lowest BCUT2D eigenvalue weighted by Gasteiger charge is -2.09. The predicted octanol–water partition coefficient (Wildman–Crippen LogP) is 2.51. The molecule has 3 heterocycles. The smallest absolute Gasteiger partial charge is 0.277 e. The Bertz CT molecular complexity index is 853. The summed E-state index contributed by atoms with van der Waals surface area (Å²) in [7, 11) is 1.80. The van der Waals surface area contributed by atoms with Gasteiger partial charge in [-0.25, -0.2) is 4.98 Å². The molecule has 0 saturated carbocycles. The lowest BCUT2D eigenvalue weighted by Crippen LogP contribution is -2.13. The molecule has 1 N–H and O–H groups in total. The van der Waals surface area contributed by atoms with Gasteiger partial charge in [0.05, 0.1) is 6.10 Å². The molecule has 124 valence electrons. The highest BCUT2D eigenvalue weighted by Gasteiger charge is 2.15. The van der Waals surface area contributed by atoms with Crippen LogP contribution >= 0.6 is 0 Å². The number of hydrogen-bond donors (Lipinski definition) is 1. The quantitative estimate of drug-likeness (QED) is 0.773. The third-order valence-corrected chi connectivity index (χ3v) is 3.06. The second kappa shape index (κ2) is 6.53. The zero-order chi connectivity index (χ0) is 17.1. The van der Waals surface area contributed by atoms with E-state index in [4.69, 9.17) is 9.26 Å². The van der Waals surface area contributed by atoms with Gasteiger partial charge in [0, 0.05) is 37.3 Å². The van der Waals surface area contributed by atoms with Crippen LogP contribution in [-0.4, -0.2) is 31.9 Å². The fourth-order valence-electron chi connectivity index (χ4n) is 2.04. The molecule has 0 bridgehead atoms. The van der Waals surface area contributed by atoms with E-state index in [0.29, 0.717) is 23.0 Å². The molecule has 1 amide bonds. The van der Waals surface area contributed by atoms with Gasteiger partial charge in [-0.15, -0.1) is 0 Å². The summed E-state index contributed by atoms with van der Waals surface area (Å²) < 4.78 is 12.3. The predicted molar refractivity (Wildman–Crippen MR) is 86.7 cm³/mol. The van der Waals surface area contributed by atoms with Crippen molar-refractivity contribution in [3.63, 3.8) is 0 Å². The van der Waals surface area contributed by atoms with E-state index in [1.54, 1.807) is 48.4 Å². The number of aromatic nitrogens is 4. The van der Waals surface area contributed by atoms with Crippen molar-refractivity contribution in [3.05, 3.63) is 42.4 Å². The second-order valence-electron chi connectivity index (χ2n) is 5.45. The molecule has 0 aliphatic rings. The van der Waals surface area contributed by atoms with Gasteiger partial charge in [-0.2, -0.15) is 5.10 Å². The molecule has 8 nitrogen and oxygen atoms in total. The van der Waals surface area contributed by atoms with Gasteiger partial charge in [-0.1, -0.05) is 5.16 Å². The van der Waals surface area contributed by atoms with Crippen molar-refractivity contribution in [2.75, 3.05) is 5.32 Å². The number of aryl methyl sites for hydroxylation is 1. The standard InChI is InChI=1S/C16H17N5O3/c1-10(2)23-15-8-11(4-6-17-15)18-16(22)13-9-14(24-20-13)12-5-7-21(3)19-12/h4-10H,1-3H3,(H,17,18,22). The Kier molecular flexibility index (Phi) is 4.28. The van der Waals surface area contributed by atoms with Crippen molar-refractivity contribution >= 4 is 11.6 Å². The summed E-state index contributed by atoms with van der Waals surface area (Å²) in [5.74, 6) is 0.485. The summed E-state index contributed by atoms with van der Waals surface area (Å²) >= 11 is 0. The van der Waals surface area contributed by atoms with Gasteiger partial charge >= 0.3 is 0 Å². The molecular formula is C16H17N5O3. The molecule has 3 aromatic rings. The lowest BCUT2D eigenvalue weighted by atomic mass is 10.3. The SMILES string of the molecule is CC(C)Oc1cc(NC(=O)c2cc(-c3ccn(C)n3)on2)ccn1. The molecule has 0 radical (unpaired) electrons. The van der Waals surface area contributed by atoms with Crippen LogP contribution in [0.3, 0.4) is 0 Å². The number of nitrogens with one attached hydrogen (secondary N) is 1. The molecule has 0 atom stereocenters. The maximum Gasteiger partial charge on any atom is 0.277 e. The van der Waals surface area contributed by atoms with E-state index < -0.39 is 0 Å². The Hall–Kier alpha value is -3.16. The number of nitrogens with zero attached hydrogens (tertiary/aromatic N) is 4. The van der Waals surface area contributed by atoms with Crippen LogP contribution in [0.1, 0.15) is 24.3 Å². The molecule has 0 aromatic carbocycles. The number of hydrogen-bond acceptors (Lipinski definition) is 6. The van der Waals surface area contributed by atoms with Crippen molar-refractivity contribution in [1.82, 2.24) is 19.9 Å². The van der Waals surface area contributed by atoms with Gasteiger partial charge < -0.3 is 14.6 Å². The van der Waals surface area contributed by atoms with Crippen LogP contribution in [0.2, 0.25) is 0 Å². The Morgan fingerprint density at radius 1 is 1.33 bits per heavy atom. The highest BCUT2D eigenvalue weighted by atomic mass is 16.5. The van der Waals surface area contributed by atoms with Crippen molar-refractivity contribution in [2.45, 2.75) is 20.0 Å². The molecule has 0 fully saturated rings. The van der Waals surface area contributed by atoms with Gasteiger partial charge in [0.15, 0.2) is 11.5 Å². The van der Waals surface area contributed by atoms with Crippen LogP contribution in [0, 0.1) is 0 Å². The number of rotatable bonds is 5. The molecule has 0 aliphatic carbocycles. The maximum absolute atomic E-state index is 12.3. The third-order valence-electron chi connectivity index (χ3n) is 3.06. The largest absolute Gasteiger partial charge is 0.475 e. The van der Waals surface area contributed by atoms with Crippen LogP contribution in [0.25, 0.3) is 11.5 Å². The molecule has 0 unspecified atom stereocenters. The summed E-state index contributed by atoms with van der Waals surface area (Å²) in [6.07, 6.45) is 3.35. The number of ether oxygens (including phenoxy) is 1. The van der Waals surface area contributed by atoms with Crippen LogP contribution in [0.15, 0.2) is 41.2 Å². The van der Waals surface area contributed by atoms with E-state index in [1.807, 2.05) is 13.8 Å². The summed E-state index contributed by atoms with van der Waals surface area (Å²) in [5.41, 5.74) is 1.34. The highest BCUT2D eigenvalue weighted by molar-refractivity contribution is 6.03. The summed E-state index contributed by atoms with van der Waals surface area (Å²) in [6, 6.07) is 6.65. The van der Waals surface area contributed by atoms with E-state index in [2.05, 4.69) is 20.6 Å². The Morgan fingerprint density at radius 3 is 2.88 bits per heavy atom. The number of amides is 1. The molecule has 3 aromatic heterocycles. The van der Waals surface area contributed by atoms with Crippen molar-refractivity contribution in [3.8, 4) is 17.3 Å². The monoisotopic (exact) mass is 327 g/mol. The average molecular weight is 327 g/mol. The minimum absolute atomic E-state index is 0.0000717. The van der Waals surface area contributed by atoms with Gasteiger partial charge in [-0.05, 0) is 26.0 Å². The fraction of sp³-hybridized carbons (Fsp3) is 0.250. The first-order valence-electron chi connectivity index (χ1n) is 7.42. The number of pyridine rings is 1. The topological polar surface area (TPSA) is 95.1 Å². The zero-order valence-corrected chi connectivity index (χ0v) is 13.6. The molecule has 0 spiro atoms. The van der Waals surface area contributed by atoms with Crippen LogP contribution in [0.4, 0.5) is 5.69 Å². The number of carbonyl (C=O) groups is 1. The fourth-order valence-corrected chi connectivity index (χ4v) is 2.04. The first-order valence-corrected chi connectivity index (χ1v) is 7.42. The summed E-state index contributed by atoms with van der Waals surface area (Å²) in [5, 5.41) is 10.7. The van der Waals surface area contributed by atoms with E-state index in [0.717, 1.165) is 0 Å². The molecular weight excluding hydrogens is 310 g/mol. The normalized spacial score (nSPS) is 10.8. The van der Waals surface area contributed by atoms with E-state index in [-0.39, 0.29) is 17.7 Å².